The van der Waals surface area contributed by atoms with E-state index in [1.807, 2.05) is 6.92 Å². The van der Waals surface area contributed by atoms with Crippen molar-refractivity contribution in [3.8, 4) is 11.6 Å². The van der Waals surface area contributed by atoms with Gasteiger partial charge in [0, 0.05) is 13.1 Å². The van der Waals surface area contributed by atoms with Gasteiger partial charge < -0.3 is 10.1 Å². The Kier molecular flexibility index (Phi) is 4.54. The molecule has 110 valence electrons. The first-order valence-electron chi connectivity index (χ1n) is 6.20. The number of rotatable bonds is 5. The van der Waals surface area contributed by atoms with Crippen LogP contribution in [-0.2, 0) is 6.42 Å². The number of halogens is 1. The second-order valence-electron chi connectivity index (χ2n) is 4.11. The number of hydrogen-bond acceptors (Lipinski definition) is 6. The van der Waals surface area contributed by atoms with E-state index in [0.717, 1.165) is 5.56 Å². The molecule has 0 saturated carbocycles. The van der Waals surface area contributed by atoms with Crippen molar-refractivity contribution >= 4 is 23.2 Å². The van der Waals surface area contributed by atoms with Gasteiger partial charge in [-0.15, -0.1) is 0 Å². The van der Waals surface area contributed by atoms with Crippen LogP contribution in [0.15, 0.2) is 24.4 Å². The number of nitrogens with one attached hydrogen (secondary N) is 1. The van der Waals surface area contributed by atoms with Gasteiger partial charge in [0.2, 0.25) is 17.6 Å². The highest BCUT2D eigenvalue weighted by molar-refractivity contribution is 6.31. The minimum absolute atomic E-state index is 0.0587. The molecule has 2 rings (SSSR count). The Labute approximate surface area is 126 Å². The maximum absolute atomic E-state index is 11.1. The molecule has 0 atom stereocenters. The van der Waals surface area contributed by atoms with E-state index in [-0.39, 0.29) is 22.3 Å². The first-order valence-corrected chi connectivity index (χ1v) is 6.58. The van der Waals surface area contributed by atoms with E-state index < -0.39 is 4.92 Å². The van der Waals surface area contributed by atoms with Crippen molar-refractivity contribution in [3.05, 3.63) is 45.1 Å². The molecule has 0 spiro atoms. The van der Waals surface area contributed by atoms with Gasteiger partial charge in [-0.25, -0.2) is 4.98 Å². The summed E-state index contributed by atoms with van der Waals surface area (Å²) >= 11 is 5.95. The number of aromatic nitrogens is 2. The average molecular weight is 309 g/mol. The molecule has 0 aliphatic heterocycles. The van der Waals surface area contributed by atoms with Gasteiger partial charge in [-0.05, 0) is 18.1 Å². The Hall–Kier alpha value is -2.41. The molecule has 1 aromatic heterocycles. The number of hydrogen-bond donors (Lipinski definition) is 1. The minimum Gasteiger partial charge on any atom is -0.430 e. The number of ether oxygens (including phenoxy) is 1. The topological polar surface area (TPSA) is 90.2 Å². The summed E-state index contributed by atoms with van der Waals surface area (Å²) in [7, 11) is 1.64. The van der Waals surface area contributed by atoms with Gasteiger partial charge in [-0.2, -0.15) is 4.98 Å². The Bertz CT molecular complexity index is 678. The lowest BCUT2D eigenvalue weighted by atomic mass is 10.1. The Morgan fingerprint density at radius 2 is 2.24 bits per heavy atom. The van der Waals surface area contributed by atoms with E-state index in [0.29, 0.717) is 12.4 Å². The zero-order valence-corrected chi connectivity index (χ0v) is 12.2. The summed E-state index contributed by atoms with van der Waals surface area (Å²) in [6.45, 7) is 1.92. The Morgan fingerprint density at radius 3 is 2.86 bits per heavy atom. The molecular formula is C13H13ClN4O3. The summed E-state index contributed by atoms with van der Waals surface area (Å²) in [4.78, 5) is 18.6. The maximum atomic E-state index is 11.1. The maximum Gasteiger partial charge on any atom is 0.311 e. The van der Waals surface area contributed by atoms with Crippen LogP contribution in [0.1, 0.15) is 12.5 Å². The van der Waals surface area contributed by atoms with Crippen molar-refractivity contribution in [3.63, 3.8) is 0 Å². The molecule has 0 unspecified atom stereocenters. The van der Waals surface area contributed by atoms with Crippen LogP contribution in [0.25, 0.3) is 0 Å². The van der Waals surface area contributed by atoms with Gasteiger partial charge in [-0.3, -0.25) is 10.1 Å². The van der Waals surface area contributed by atoms with Crippen LogP contribution in [0.4, 0.5) is 11.6 Å². The predicted octanol–water partition coefficient (Wildman–Crippen LogP) is 3.43. The second-order valence-corrected chi connectivity index (χ2v) is 4.52. The van der Waals surface area contributed by atoms with E-state index in [1.54, 1.807) is 13.1 Å². The third kappa shape index (κ3) is 3.38. The molecular weight excluding hydrogens is 296 g/mol. The van der Waals surface area contributed by atoms with E-state index in [9.17, 15) is 10.1 Å². The summed E-state index contributed by atoms with van der Waals surface area (Å²) in [6.07, 6.45) is 2.06. The first kappa shape index (κ1) is 15.0. The number of benzene rings is 1. The highest BCUT2D eigenvalue weighted by Crippen LogP contribution is 2.34. The Balaban J connectivity index is 2.41. The van der Waals surface area contributed by atoms with Crippen molar-refractivity contribution in [2.24, 2.45) is 0 Å². The summed E-state index contributed by atoms with van der Waals surface area (Å²) in [5, 5.41) is 14.0. The van der Waals surface area contributed by atoms with Crippen LogP contribution >= 0.6 is 11.6 Å². The van der Waals surface area contributed by atoms with E-state index in [4.69, 9.17) is 16.3 Å². The van der Waals surface area contributed by atoms with E-state index in [1.165, 1.54) is 18.3 Å². The van der Waals surface area contributed by atoms with Crippen molar-refractivity contribution in [1.82, 2.24) is 9.97 Å². The third-order valence-corrected chi connectivity index (χ3v) is 3.03. The van der Waals surface area contributed by atoms with E-state index in [2.05, 4.69) is 15.3 Å². The zero-order chi connectivity index (χ0) is 15.4. The molecule has 1 heterocycles. The molecule has 0 bridgehead atoms. The molecule has 21 heavy (non-hydrogen) atoms. The highest BCUT2D eigenvalue weighted by atomic mass is 35.5. The first-order chi connectivity index (χ1) is 10.0. The van der Waals surface area contributed by atoms with Gasteiger partial charge in [0.1, 0.15) is 5.02 Å². The third-order valence-electron chi connectivity index (χ3n) is 2.77. The molecule has 7 nitrogen and oxygen atoms in total. The quantitative estimate of drug-likeness (QED) is 0.672. The fourth-order valence-electron chi connectivity index (χ4n) is 1.66. The van der Waals surface area contributed by atoms with Crippen molar-refractivity contribution < 1.29 is 9.66 Å². The van der Waals surface area contributed by atoms with Crippen LogP contribution in [0, 0.1) is 10.1 Å². The molecule has 8 heteroatoms. The highest BCUT2D eigenvalue weighted by Gasteiger charge is 2.18. The van der Waals surface area contributed by atoms with Crippen LogP contribution in [0.2, 0.25) is 5.02 Å². The summed E-state index contributed by atoms with van der Waals surface area (Å²) in [5.74, 6) is 0.449. The Morgan fingerprint density at radius 1 is 1.48 bits per heavy atom. The minimum atomic E-state index is -0.497. The van der Waals surface area contributed by atoms with Crippen LogP contribution < -0.4 is 10.1 Å². The lowest BCUT2D eigenvalue weighted by molar-refractivity contribution is -0.385. The average Bonchev–Trinajstić information content (AvgIpc) is 2.49. The van der Waals surface area contributed by atoms with Gasteiger partial charge in [0.05, 0.1) is 11.1 Å². The molecule has 0 fully saturated rings. The molecule has 2 aromatic rings. The standard InChI is InChI=1S/C13H13ClN4O3/c1-3-8-4-5-11(10(6-8)18(19)20)21-12-9(14)7-16-13(15-2)17-12/h4-7H,3H2,1-2H3,(H,15,16,17). The number of anilines is 1. The predicted molar refractivity (Wildman–Crippen MR) is 79.1 cm³/mol. The summed E-state index contributed by atoms with van der Waals surface area (Å²) < 4.78 is 5.48. The van der Waals surface area contributed by atoms with Gasteiger partial charge >= 0.3 is 5.69 Å². The molecule has 1 aromatic carbocycles. The van der Waals surface area contributed by atoms with Crippen molar-refractivity contribution in [1.29, 1.82) is 0 Å². The van der Waals surface area contributed by atoms with Gasteiger partial charge in [0.25, 0.3) is 0 Å². The second kappa shape index (κ2) is 6.36. The molecule has 0 radical (unpaired) electrons. The SMILES string of the molecule is CCc1ccc(Oc2nc(NC)ncc2Cl)c([N+](=O)[O-])c1. The lowest BCUT2D eigenvalue weighted by Gasteiger charge is -2.08. The van der Waals surface area contributed by atoms with Crippen molar-refractivity contribution in [2.75, 3.05) is 12.4 Å². The lowest BCUT2D eigenvalue weighted by Crippen LogP contribution is -2.00. The number of nitro benzene ring substituents is 1. The summed E-state index contributed by atoms with van der Waals surface area (Å²) in [5.41, 5.74) is 0.716. The van der Waals surface area contributed by atoms with Crippen LogP contribution in [0.3, 0.4) is 0 Å². The van der Waals surface area contributed by atoms with E-state index >= 15 is 0 Å². The summed E-state index contributed by atoms with van der Waals surface area (Å²) in [6, 6.07) is 4.77. The van der Waals surface area contributed by atoms with Crippen molar-refractivity contribution in [2.45, 2.75) is 13.3 Å². The fourth-order valence-corrected chi connectivity index (χ4v) is 1.79. The van der Waals surface area contributed by atoms with Gasteiger partial charge in [-0.1, -0.05) is 24.6 Å². The van der Waals surface area contributed by atoms with Crippen LogP contribution in [-0.4, -0.2) is 21.9 Å². The molecule has 0 aliphatic rings. The van der Waals surface area contributed by atoms with Gasteiger partial charge in [0.15, 0.2) is 0 Å². The number of nitro groups is 1. The van der Waals surface area contributed by atoms with Crippen LogP contribution in [0.5, 0.6) is 11.6 Å². The molecule has 1 N–H and O–H groups in total. The fraction of sp³-hybridized carbons (Fsp3) is 0.231. The molecule has 0 amide bonds. The normalized spacial score (nSPS) is 10.2. The smallest absolute Gasteiger partial charge is 0.311 e. The zero-order valence-electron chi connectivity index (χ0n) is 11.5. The number of nitrogens with zero attached hydrogens (tertiary/aromatic N) is 3. The largest absolute Gasteiger partial charge is 0.430 e. The number of aryl methyl sites for hydroxylation is 1. The monoisotopic (exact) mass is 308 g/mol. The molecule has 0 saturated heterocycles. The molecule has 0 aliphatic carbocycles.